The molecule has 0 aliphatic heterocycles. The molecule has 1 atom stereocenters. The smallest absolute Gasteiger partial charge is 0.0917 e. The largest absolute Gasteiger partial charge is 0.387 e. The van der Waals surface area contributed by atoms with Crippen molar-refractivity contribution in [2.75, 3.05) is 13.1 Å². The van der Waals surface area contributed by atoms with E-state index in [4.69, 9.17) is 0 Å². The normalized spacial score (nSPS) is 12.6. The second kappa shape index (κ2) is 7.17. The van der Waals surface area contributed by atoms with Gasteiger partial charge in [0.25, 0.3) is 0 Å². The summed E-state index contributed by atoms with van der Waals surface area (Å²) in [4.78, 5) is 6.73. The highest BCUT2D eigenvalue weighted by molar-refractivity contribution is 5.17. The standard InChI is InChI=1S/C17H22N2O/c1-3-19(12-16-11-7-8-14(2)18-16)13-17(20)15-9-5-4-6-10-15/h4-11,17,20H,3,12-13H2,1-2H3. The van der Waals surface area contributed by atoms with Gasteiger partial charge in [0, 0.05) is 18.8 Å². The van der Waals surface area contributed by atoms with Crippen molar-refractivity contribution in [1.82, 2.24) is 9.88 Å². The molecule has 1 aromatic carbocycles. The van der Waals surface area contributed by atoms with E-state index < -0.39 is 6.10 Å². The Labute approximate surface area is 120 Å². The third-order valence-electron chi connectivity index (χ3n) is 3.39. The molecule has 0 saturated carbocycles. The molecule has 106 valence electrons. The van der Waals surface area contributed by atoms with Crippen LogP contribution in [0.4, 0.5) is 0 Å². The molecule has 1 aromatic heterocycles. The molecular formula is C17H22N2O. The summed E-state index contributed by atoms with van der Waals surface area (Å²) in [6.45, 7) is 6.38. The van der Waals surface area contributed by atoms with E-state index >= 15 is 0 Å². The van der Waals surface area contributed by atoms with Crippen LogP contribution in [0.5, 0.6) is 0 Å². The molecular weight excluding hydrogens is 248 g/mol. The molecule has 2 rings (SSSR count). The maximum atomic E-state index is 10.3. The van der Waals surface area contributed by atoms with Gasteiger partial charge in [-0.1, -0.05) is 43.3 Å². The minimum atomic E-state index is -0.457. The van der Waals surface area contributed by atoms with Gasteiger partial charge < -0.3 is 5.11 Å². The van der Waals surface area contributed by atoms with Gasteiger partial charge in [-0.25, -0.2) is 0 Å². The Hall–Kier alpha value is -1.71. The molecule has 0 amide bonds. The Morgan fingerprint density at radius 2 is 1.85 bits per heavy atom. The van der Waals surface area contributed by atoms with Crippen LogP contribution in [0.3, 0.4) is 0 Å². The van der Waals surface area contributed by atoms with Gasteiger partial charge in [0.05, 0.1) is 11.8 Å². The lowest BCUT2D eigenvalue weighted by molar-refractivity contribution is 0.111. The van der Waals surface area contributed by atoms with Gasteiger partial charge >= 0.3 is 0 Å². The van der Waals surface area contributed by atoms with Gasteiger partial charge in [0.15, 0.2) is 0 Å². The average molecular weight is 270 g/mol. The Balaban J connectivity index is 1.99. The molecule has 0 spiro atoms. The molecule has 0 bridgehead atoms. The lowest BCUT2D eigenvalue weighted by Gasteiger charge is -2.23. The zero-order valence-electron chi connectivity index (χ0n) is 12.2. The van der Waals surface area contributed by atoms with E-state index in [9.17, 15) is 5.11 Å². The molecule has 3 nitrogen and oxygen atoms in total. The fourth-order valence-electron chi connectivity index (χ4n) is 2.25. The Morgan fingerprint density at radius 1 is 1.10 bits per heavy atom. The van der Waals surface area contributed by atoms with E-state index in [-0.39, 0.29) is 0 Å². The van der Waals surface area contributed by atoms with Crippen LogP contribution in [-0.2, 0) is 6.54 Å². The first-order valence-corrected chi connectivity index (χ1v) is 7.07. The number of benzene rings is 1. The molecule has 0 fully saturated rings. The molecule has 1 N–H and O–H groups in total. The fraction of sp³-hybridized carbons (Fsp3) is 0.353. The number of hydrogen-bond donors (Lipinski definition) is 1. The Kier molecular flexibility index (Phi) is 5.27. The quantitative estimate of drug-likeness (QED) is 0.876. The number of hydrogen-bond acceptors (Lipinski definition) is 3. The third-order valence-corrected chi connectivity index (χ3v) is 3.39. The third kappa shape index (κ3) is 4.15. The predicted octanol–water partition coefficient (Wildman–Crippen LogP) is 2.95. The second-order valence-corrected chi connectivity index (χ2v) is 5.02. The van der Waals surface area contributed by atoms with Crippen molar-refractivity contribution in [2.24, 2.45) is 0 Å². The Morgan fingerprint density at radius 3 is 2.50 bits per heavy atom. The number of aliphatic hydroxyl groups is 1. The minimum absolute atomic E-state index is 0.457. The fourth-order valence-corrected chi connectivity index (χ4v) is 2.25. The molecule has 0 radical (unpaired) electrons. The summed E-state index contributed by atoms with van der Waals surface area (Å²) in [7, 11) is 0. The molecule has 2 aromatic rings. The maximum absolute atomic E-state index is 10.3. The summed E-state index contributed by atoms with van der Waals surface area (Å²) >= 11 is 0. The van der Waals surface area contributed by atoms with Gasteiger partial charge in [-0.2, -0.15) is 0 Å². The van der Waals surface area contributed by atoms with Crippen molar-refractivity contribution in [1.29, 1.82) is 0 Å². The van der Waals surface area contributed by atoms with E-state index in [0.29, 0.717) is 6.54 Å². The summed E-state index contributed by atoms with van der Waals surface area (Å²) < 4.78 is 0. The predicted molar refractivity (Wildman–Crippen MR) is 81.3 cm³/mol. The number of pyridine rings is 1. The summed E-state index contributed by atoms with van der Waals surface area (Å²) in [5.74, 6) is 0. The van der Waals surface area contributed by atoms with E-state index in [1.807, 2.05) is 55.5 Å². The van der Waals surface area contributed by atoms with Gasteiger partial charge in [-0.05, 0) is 31.2 Å². The second-order valence-electron chi connectivity index (χ2n) is 5.02. The van der Waals surface area contributed by atoms with Gasteiger partial charge in [-0.15, -0.1) is 0 Å². The van der Waals surface area contributed by atoms with Crippen LogP contribution in [0.25, 0.3) is 0 Å². The molecule has 1 unspecified atom stereocenters. The number of nitrogens with zero attached hydrogens (tertiary/aromatic N) is 2. The Bertz CT molecular complexity index is 528. The molecule has 0 aliphatic rings. The van der Waals surface area contributed by atoms with E-state index in [1.54, 1.807) is 0 Å². The highest BCUT2D eigenvalue weighted by Gasteiger charge is 2.13. The van der Waals surface area contributed by atoms with Crippen LogP contribution in [0.15, 0.2) is 48.5 Å². The van der Waals surface area contributed by atoms with E-state index in [0.717, 1.165) is 30.0 Å². The zero-order chi connectivity index (χ0) is 14.4. The number of likely N-dealkylation sites (N-methyl/N-ethyl adjacent to an activating group) is 1. The van der Waals surface area contributed by atoms with Crippen molar-refractivity contribution < 1.29 is 5.11 Å². The summed E-state index contributed by atoms with van der Waals surface area (Å²) in [6.07, 6.45) is -0.457. The lowest BCUT2D eigenvalue weighted by Crippen LogP contribution is -2.28. The van der Waals surface area contributed by atoms with Crippen LogP contribution in [0.2, 0.25) is 0 Å². The van der Waals surface area contributed by atoms with Crippen molar-refractivity contribution >= 4 is 0 Å². The summed E-state index contributed by atoms with van der Waals surface area (Å²) in [5, 5.41) is 10.3. The highest BCUT2D eigenvalue weighted by atomic mass is 16.3. The van der Waals surface area contributed by atoms with Crippen LogP contribution >= 0.6 is 0 Å². The zero-order valence-corrected chi connectivity index (χ0v) is 12.2. The van der Waals surface area contributed by atoms with Gasteiger partial charge in [0.1, 0.15) is 0 Å². The van der Waals surface area contributed by atoms with Crippen LogP contribution in [-0.4, -0.2) is 28.1 Å². The van der Waals surface area contributed by atoms with Crippen LogP contribution < -0.4 is 0 Å². The van der Waals surface area contributed by atoms with Crippen LogP contribution in [0.1, 0.15) is 30.0 Å². The summed E-state index contributed by atoms with van der Waals surface area (Å²) in [5.41, 5.74) is 3.04. The van der Waals surface area contributed by atoms with Gasteiger partial charge in [-0.3, -0.25) is 9.88 Å². The van der Waals surface area contributed by atoms with E-state index in [2.05, 4.69) is 16.8 Å². The van der Waals surface area contributed by atoms with Gasteiger partial charge in [0.2, 0.25) is 0 Å². The number of aromatic nitrogens is 1. The highest BCUT2D eigenvalue weighted by Crippen LogP contribution is 2.15. The van der Waals surface area contributed by atoms with E-state index in [1.165, 1.54) is 0 Å². The lowest BCUT2D eigenvalue weighted by atomic mass is 10.1. The van der Waals surface area contributed by atoms with Crippen molar-refractivity contribution in [2.45, 2.75) is 26.5 Å². The first kappa shape index (κ1) is 14.7. The van der Waals surface area contributed by atoms with Crippen molar-refractivity contribution in [3.63, 3.8) is 0 Å². The van der Waals surface area contributed by atoms with Crippen LogP contribution in [0, 0.1) is 6.92 Å². The van der Waals surface area contributed by atoms with Crippen molar-refractivity contribution in [3.05, 3.63) is 65.5 Å². The molecule has 0 saturated heterocycles. The number of rotatable bonds is 6. The minimum Gasteiger partial charge on any atom is -0.387 e. The summed E-state index contributed by atoms with van der Waals surface area (Å²) in [6, 6.07) is 15.9. The first-order valence-electron chi connectivity index (χ1n) is 7.07. The SMILES string of the molecule is CCN(Cc1cccc(C)n1)CC(O)c1ccccc1. The monoisotopic (exact) mass is 270 g/mol. The van der Waals surface area contributed by atoms with Crippen molar-refractivity contribution in [3.8, 4) is 0 Å². The number of aliphatic hydroxyl groups excluding tert-OH is 1. The molecule has 0 aliphatic carbocycles. The molecule has 20 heavy (non-hydrogen) atoms. The maximum Gasteiger partial charge on any atom is 0.0917 e. The number of aryl methyl sites for hydroxylation is 1. The molecule has 3 heteroatoms. The average Bonchev–Trinajstić information content (AvgIpc) is 2.47. The molecule has 1 heterocycles. The first-order chi connectivity index (χ1) is 9.69. The topological polar surface area (TPSA) is 36.4 Å².